The van der Waals surface area contributed by atoms with Crippen LogP contribution in [0.1, 0.15) is 63.2 Å². The molecule has 3 aromatic carbocycles. The Hall–Kier alpha value is -2.91. The van der Waals surface area contributed by atoms with Crippen LogP contribution in [0, 0.1) is 13.8 Å². The van der Waals surface area contributed by atoms with Crippen LogP contribution in [0.15, 0.2) is 54.6 Å². The van der Waals surface area contributed by atoms with Gasteiger partial charge in [-0.15, -0.1) is 11.3 Å². The maximum atomic E-state index is 4.78. The zero-order valence-electron chi connectivity index (χ0n) is 21.6. The van der Waals surface area contributed by atoms with Crippen LogP contribution in [0.25, 0.3) is 43.5 Å². The molecule has 0 aliphatic rings. The number of benzene rings is 3. The van der Waals surface area contributed by atoms with Crippen LogP contribution in [-0.4, -0.2) is 9.97 Å². The summed E-state index contributed by atoms with van der Waals surface area (Å²) in [6, 6.07) is 20.7. The minimum absolute atomic E-state index is 0.0906. The maximum absolute atomic E-state index is 4.78. The molecule has 0 saturated heterocycles. The minimum Gasteiger partial charge on any atom is -0.353 e. The van der Waals surface area contributed by atoms with Gasteiger partial charge in [0.25, 0.3) is 0 Å². The van der Waals surface area contributed by atoms with Crippen LogP contribution in [0.3, 0.4) is 0 Å². The molecule has 1 N–H and O–H groups in total. The fourth-order valence-corrected chi connectivity index (χ4v) is 5.49. The summed E-state index contributed by atoms with van der Waals surface area (Å²) >= 11 is 1.75. The molecule has 174 valence electrons. The quantitative estimate of drug-likeness (QED) is 0.258. The average Bonchev–Trinajstić information content (AvgIpc) is 3.36. The lowest BCUT2D eigenvalue weighted by molar-refractivity contribution is 0.590. The summed E-state index contributed by atoms with van der Waals surface area (Å²) in [5, 5.41) is 6.19. The van der Waals surface area contributed by atoms with Gasteiger partial charge >= 0.3 is 0 Å². The minimum atomic E-state index is 0.0906. The molecule has 0 saturated carbocycles. The number of hydrogen-bond donors (Lipinski definition) is 1. The van der Waals surface area contributed by atoms with Gasteiger partial charge in [-0.05, 0) is 81.6 Å². The second-order valence-electron chi connectivity index (χ2n) is 11.6. The molecule has 0 spiro atoms. The third-order valence-electron chi connectivity index (χ3n) is 6.90. The second-order valence-corrected chi connectivity index (χ2v) is 12.8. The number of hydrogen-bond acceptors (Lipinski definition) is 2. The van der Waals surface area contributed by atoms with Gasteiger partial charge in [-0.1, -0.05) is 71.9 Å². The van der Waals surface area contributed by atoms with Crippen molar-refractivity contribution in [3.63, 3.8) is 0 Å². The van der Waals surface area contributed by atoms with Crippen LogP contribution in [0.5, 0.6) is 0 Å². The fraction of sp³-hybridized carbons (Fsp3) is 0.323. The molecule has 0 bridgehead atoms. The van der Waals surface area contributed by atoms with E-state index in [0.29, 0.717) is 0 Å². The van der Waals surface area contributed by atoms with Crippen LogP contribution in [-0.2, 0) is 10.8 Å². The highest BCUT2D eigenvalue weighted by molar-refractivity contribution is 7.15. The van der Waals surface area contributed by atoms with Crippen LogP contribution >= 0.6 is 11.3 Å². The van der Waals surface area contributed by atoms with Gasteiger partial charge in [0, 0.05) is 16.1 Å². The molecular weight excluding hydrogens is 432 g/mol. The molecule has 0 radical (unpaired) electrons. The lowest BCUT2D eigenvalue weighted by Crippen LogP contribution is -2.11. The molecule has 2 aromatic heterocycles. The monoisotopic (exact) mass is 466 g/mol. The molecule has 0 unspecified atom stereocenters. The van der Waals surface area contributed by atoms with Crippen molar-refractivity contribution >= 4 is 32.9 Å². The van der Waals surface area contributed by atoms with Crippen molar-refractivity contribution < 1.29 is 0 Å². The van der Waals surface area contributed by atoms with Gasteiger partial charge in [0.05, 0.1) is 11.4 Å². The molecule has 0 aliphatic heterocycles. The molecule has 0 fully saturated rings. The Morgan fingerprint density at radius 2 is 1.32 bits per heavy atom. The molecule has 0 amide bonds. The number of nitrogens with one attached hydrogen (secondary N) is 1. The lowest BCUT2D eigenvalue weighted by Gasteiger charge is -2.22. The van der Waals surface area contributed by atoms with Gasteiger partial charge in [0.2, 0.25) is 0 Å². The van der Waals surface area contributed by atoms with E-state index in [2.05, 4.69) is 115 Å². The van der Waals surface area contributed by atoms with Crippen molar-refractivity contribution in [2.75, 3.05) is 0 Å². The Kier molecular flexibility index (Phi) is 5.25. The molecule has 5 rings (SSSR count). The normalized spacial score (nSPS) is 12.7. The summed E-state index contributed by atoms with van der Waals surface area (Å²) in [4.78, 5) is 9.78. The van der Waals surface area contributed by atoms with Gasteiger partial charge in [-0.2, -0.15) is 0 Å². The van der Waals surface area contributed by atoms with E-state index in [9.17, 15) is 0 Å². The Bertz CT molecular complexity index is 1510. The van der Waals surface area contributed by atoms with E-state index >= 15 is 0 Å². The molecule has 5 aromatic rings. The first-order valence-corrected chi connectivity index (χ1v) is 12.9. The van der Waals surface area contributed by atoms with Gasteiger partial charge in [-0.3, -0.25) is 0 Å². The summed E-state index contributed by atoms with van der Waals surface area (Å²) < 4.78 is 0. The fourth-order valence-electron chi connectivity index (χ4n) is 4.60. The van der Waals surface area contributed by atoms with E-state index in [1.807, 2.05) is 0 Å². The third kappa shape index (κ3) is 3.96. The Morgan fingerprint density at radius 1 is 0.676 bits per heavy atom. The van der Waals surface area contributed by atoms with Gasteiger partial charge in [-0.25, -0.2) is 4.98 Å². The molecule has 0 atom stereocenters. The smallest absolute Gasteiger partial charge is 0.140 e. The predicted molar refractivity (Wildman–Crippen MR) is 149 cm³/mol. The summed E-state index contributed by atoms with van der Waals surface area (Å²) in [5.41, 5.74) is 7.52. The maximum Gasteiger partial charge on any atom is 0.140 e. The largest absolute Gasteiger partial charge is 0.353 e. The number of aryl methyl sites for hydroxylation is 2. The highest BCUT2D eigenvalue weighted by Crippen LogP contribution is 2.40. The molecule has 3 heteroatoms. The van der Waals surface area contributed by atoms with E-state index in [4.69, 9.17) is 4.98 Å². The Balaban J connectivity index is 1.81. The van der Waals surface area contributed by atoms with Crippen molar-refractivity contribution in [3.05, 3.63) is 76.3 Å². The van der Waals surface area contributed by atoms with E-state index in [1.54, 1.807) is 11.3 Å². The first-order chi connectivity index (χ1) is 15.9. The Labute approximate surface area is 207 Å². The average molecular weight is 467 g/mol. The summed E-state index contributed by atoms with van der Waals surface area (Å²) in [6.07, 6.45) is 0. The van der Waals surface area contributed by atoms with Crippen molar-refractivity contribution in [1.82, 2.24) is 9.97 Å². The number of rotatable bonds is 2. The van der Waals surface area contributed by atoms with Gasteiger partial charge in [0.1, 0.15) is 5.01 Å². The van der Waals surface area contributed by atoms with Crippen LogP contribution in [0.4, 0.5) is 0 Å². The first kappa shape index (κ1) is 22.9. The molecule has 0 aliphatic carbocycles. The number of H-pyrrole nitrogens is 1. The molecule has 2 heterocycles. The number of nitrogens with zero attached hydrogens (tertiary/aromatic N) is 1. The van der Waals surface area contributed by atoms with Crippen molar-refractivity contribution in [3.8, 4) is 22.0 Å². The SMILES string of the molecule is Cc1nc(-c2ccc(-c3c4ccc(C(C)(C)C)cc4cc4ccc(C(C)(C)C)cc34)[nH]2)sc1C. The summed E-state index contributed by atoms with van der Waals surface area (Å²) in [5.74, 6) is 0. The van der Waals surface area contributed by atoms with Crippen molar-refractivity contribution in [1.29, 1.82) is 0 Å². The van der Waals surface area contributed by atoms with Crippen molar-refractivity contribution in [2.45, 2.75) is 66.2 Å². The third-order valence-corrected chi connectivity index (χ3v) is 8.01. The lowest BCUT2D eigenvalue weighted by atomic mass is 9.82. The molecule has 34 heavy (non-hydrogen) atoms. The zero-order chi connectivity index (χ0) is 24.4. The van der Waals surface area contributed by atoms with E-state index in [0.717, 1.165) is 22.1 Å². The van der Waals surface area contributed by atoms with E-state index in [-0.39, 0.29) is 10.8 Å². The summed E-state index contributed by atoms with van der Waals surface area (Å²) in [7, 11) is 0. The predicted octanol–water partition coefficient (Wildman–Crippen LogP) is 9.32. The highest BCUT2D eigenvalue weighted by atomic mass is 32.1. The van der Waals surface area contributed by atoms with Crippen LogP contribution < -0.4 is 0 Å². The van der Waals surface area contributed by atoms with Gasteiger partial charge < -0.3 is 4.98 Å². The number of thiazole rings is 1. The first-order valence-electron chi connectivity index (χ1n) is 12.1. The zero-order valence-corrected chi connectivity index (χ0v) is 22.4. The number of aromatic amines is 1. The standard InChI is InChI=1S/C31H34N2S/c1-18-19(2)34-29(32-18)27-14-13-26(33-27)28-24-12-11-22(30(3,4)5)16-21(24)15-20-9-10-23(17-25(20)28)31(6,7)8/h9-17,33H,1-8H3. The Morgan fingerprint density at radius 3 is 1.97 bits per heavy atom. The second kappa shape index (κ2) is 7.81. The van der Waals surface area contributed by atoms with Gasteiger partial charge in [0.15, 0.2) is 0 Å². The topological polar surface area (TPSA) is 28.7 Å². The number of aromatic nitrogens is 2. The van der Waals surface area contributed by atoms with E-state index < -0.39 is 0 Å². The van der Waals surface area contributed by atoms with Crippen molar-refractivity contribution in [2.24, 2.45) is 0 Å². The highest BCUT2D eigenvalue weighted by Gasteiger charge is 2.20. The molecular formula is C31H34N2S. The number of fused-ring (bicyclic) bond motifs is 2. The van der Waals surface area contributed by atoms with E-state index in [1.165, 1.54) is 43.1 Å². The summed E-state index contributed by atoms with van der Waals surface area (Å²) in [6.45, 7) is 17.9. The van der Waals surface area contributed by atoms with Crippen LogP contribution in [0.2, 0.25) is 0 Å². The molecule has 2 nitrogen and oxygen atoms in total.